The molecule has 4 heteroatoms. The molecule has 1 N–H and O–H groups in total. The van der Waals surface area contributed by atoms with Gasteiger partial charge in [-0.1, -0.05) is 0 Å². The van der Waals surface area contributed by atoms with Gasteiger partial charge in [-0.05, 0) is 25.5 Å². The normalized spacial score (nSPS) is 9.47. The number of terminal acetylenes is 1. The van der Waals surface area contributed by atoms with Gasteiger partial charge in [-0.25, -0.2) is 9.78 Å². The molecule has 0 amide bonds. The van der Waals surface area contributed by atoms with Crippen molar-refractivity contribution >= 4 is 11.8 Å². The lowest BCUT2D eigenvalue weighted by molar-refractivity contribution is 0.0599. The van der Waals surface area contributed by atoms with Crippen LogP contribution >= 0.6 is 0 Å². The zero-order chi connectivity index (χ0) is 12.7. The van der Waals surface area contributed by atoms with Crippen molar-refractivity contribution in [1.82, 2.24) is 4.98 Å². The van der Waals surface area contributed by atoms with Crippen LogP contribution < -0.4 is 5.32 Å². The number of unbranched alkanes of at least 4 members (excludes halogenated alkanes) is 1. The van der Waals surface area contributed by atoms with Crippen molar-refractivity contribution < 1.29 is 9.53 Å². The number of esters is 1. The summed E-state index contributed by atoms with van der Waals surface area (Å²) in [5.41, 5.74) is 1.14. The van der Waals surface area contributed by atoms with E-state index in [1.165, 1.54) is 7.11 Å². The Hall–Kier alpha value is -2.02. The van der Waals surface area contributed by atoms with Gasteiger partial charge >= 0.3 is 5.97 Å². The van der Waals surface area contributed by atoms with Crippen molar-refractivity contribution in [2.75, 3.05) is 19.0 Å². The van der Waals surface area contributed by atoms with Gasteiger partial charge in [0.15, 0.2) is 0 Å². The van der Waals surface area contributed by atoms with E-state index in [-0.39, 0.29) is 5.97 Å². The molecule has 0 aliphatic rings. The van der Waals surface area contributed by atoms with Gasteiger partial charge in [0.2, 0.25) is 0 Å². The number of anilines is 1. The second-order valence-corrected chi connectivity index (χ2v) is 3.56. The molecule has 0 bridgehead atoms. The van der Waals surface area contributed by atoms with Crippen LogP contribution in [-0.4, -0.2) is 24.6 Å². The highest BCUT2D eigenvalue weighted by molar-refractivity contribution is 5.90. The van der Waals surface area contributed by atoms with Gasteiger partial charge in [0, 0.05) is 13.0 Å². The first-order valence-electron chi connectivity index (χ1n) is 5.42. The average Bonchev–Trinajstić information content (AvgIpc) is 2.34. The number of aromatic nitrogens is 1. The van der Waals surface area contributed by atoms with Gasteiger partial charge in [-0.3, -0.25) is 0 Å². The Kier molecular flexibility index (Phi) is 5.02. The minimum atomic E-state index is -0.367. The molecule has 1 heterocycles. The van der Waals surface area contributed by atoms with Crippen molar-refractivity contribution in [3.63, 3.8) is 0 Å². The third kappa shape index (κ3) is 3.80. The van der Waals surface area contributed by atoms with Gasteiger partial charge < -0.3 is 10.1 Å². The molecule has 0 aliphatic heterocycles. The van der Waals surface area contributed by atoms with Crippen LogP contribution in [0.25, 0.3) is 0 Å². The van der Waals surface area contributed by atoms with E-state index in [9.17, 15) is 4.79 Å². The fourth-order valence-electron chi connectivity index (χ4n) is 1.39. The van der Waals surface area contributed by atoms with E-state index in [1.54, 1.807) is 19.1 Å². The Bertz CT molecular complexity index is 436. The molecule has 0 fully saturated rings. The average molecular weight is 232 g/mol. The highest BCUT2D eigenvalue weighted by Gasteiger charge is 2.10. The van der Waals surface area contributed by atoms with Crippen molar-refractivity contribution in [3.05, 3.63) is 23.4 Å². The Morgan fingerprint density at radius 2 is 2.35 bits per heavy atom. The van der Waals surface area contributed by atoms with Crippen molar-refractivity contribution in [2.45, 2.75) is 19.8 Å². The number of nitrogens with zero attached hydrogens (tertiary/aromatic N) is 1. The summed E-state index contributed by atoms with van der Waals surface area (Å²) in [6.07, 6.45) is 6.80. The molecule has 0 aromatic carbocycles. The van der Waals surface area contributed by atoms with E-state index >= 15 is 0 Å². The molecule has 0 spiro atoms. The fourth-order valence-corrected chi connectivity index (χ4v) is 1.39. The predicted molar refractivity (Wildman–Crippen MR) is 66.9 cm³/mol. The summed E-state index contributed by atoms with van der Waals surface area (Å²) in [5, 5.41) is 3.15. The Balaban J connectivity index is 2.63. The molecule has 1 aromatic heterocycles. The van der Waals surface area contributed by atoms with E-state index in [1.807, 2.05) is 0 Å². The molecule has 1 rings (SSSR count). The summed E-state index contributed by atoms with van der Waals surface area (Å²) in [6.45, 7) is 2.55. The number of aryl methyl sites for hydroxylation is 1. The van der Waals surface area contributed by atoms with Crippen LogP contribution in [0, 0.1) is 19.3 Å². The summed E-state index contributed by atoms with van der Waals surface area (Å²) in [6, 6.07) is 3.47. The number of hydrogen-bond donors (Lipinski definition) is 1. The van der Waals surface area contributed by atoms with E-state index in [0.29, 0.717) is 11.3 Å². The number of methoxy groups -OCH3 is 1. The number of hydrogen-bond acceptors (Lipinski definition) is 4. The van der Waals surface area contributed by atoms with E-state index in [2.05, 4.69) is 21.0 Å². The largest absolute Gasteiger partial charge is 0.465 e. The van der Waals surface area contributed by atoms with Gasteiger partial charge in [0.05, 0.1) is 18.4 Å². The molecule has 4 nitrogen and oxygen atoms in total. The number of carbonyl (C=O) groups is 1. The van der Waals surface area contributed by atoms with Crippen LogP contribution in [0.3, 0.4) is 0 Å². The monoisotopic (exact) mass is 232 g/mol. The summed E-state index contributed by atoms with van der Waals surface area (Å²) in [7, 11) is 1.35. The summed E-state index contributed by atoms with van der Waals surface area (Å²) in [4.78, 5) is 15.6. The SMILES string of the molecule is C#CCCCNc1ccc(C(=O)OC)c(C)n1. The molecule has 0 aliphatic carbocycles. The third-order valence-electron chi connectivity index (χ3n) is 2.30. The van der Waals surface area contributed by atoms with Crippen molar-refractivity contribution in [3.8, 4) is 12.3 Å². The molecule has 0 saturated heterocycles. The Morgan fingerprint density at radius 1 is 1.59 bits per heavy atom. The Labute approximate surface area is 101 Å². The van der Waals surface area contributed by atoms with E-state index < -0.39 is 0 Å². The molecule has 17 heavy (non-hydrogen) atoms. The van der Waals surface area contributed by atoms with E-state index in [4.69, 9.17) is 6.42 Å². The van der Waals surface area contributed by atoms with Crippen LogP contribution in [-0.2, 0) is 4.74 Å². The van der Waals surface area contributed by atoms with Crippen LogP contribution in [0.5, 0.6) is 0 Å². The summed E-state index contributed by atoms with van der Waals surface area (Å²) in [5.74, 6) is 2.95. The van der Waals surface area contributed by atoms with Gasteiger partial charge in [-0.2, -0.15) is 0 Å². The van der Waals surface area contributed by atoms with E-state index in [0.717, 1.165) is 25.2 Å². The molecular formula is C13H16N2O2. The second kappa shape index (κ2) is 6.54. The first-order chi connectivity index (χ1) is 8.19. The fraction of sp³-hybridized carbons (Fsp3) is 0.385. The van der Waals surface area contributed by atoms with Crippen LogP contribution in [0.1, 0.15) is 28.9 Å². The highest BCUT2D eigenvalue weighted by atomic mass is 16.5. The first-order valence-corrected chi connectivity index (χ1v) is 5.42. The van der Waals surface area contributed by atoms with Crippen LogP contribution in [0.4, 0.5) is 5.82 Å². The maximum Gasteiger partial charge on any atom is 0.339 e. The van der Waals surface area contributed by atoms with Gasteiger partial charge in [-0.15, -0.1) is 12.3 Å². The van der Waals surface area contributed by atoms with Gasteiger partial charge in [0.25, 0.3) is 0 Å². The molecule has 90 valence electrons. The molecule has 0 saturated carbocycles. The Morgan fingerprint density at radius 3 is 2.94 bits per heavy atom. The number of carbonyl (C=O) groups excluding carboxylic acids is 1. The lowest BCUT2D eigenvalue weighted by atomic mass is 10.2. The minimum Gasteiger partial charge on any atom is -0.465 e. The number of rotatable bonds is 5. The van der Waals surface area contributed by atoms with Crippen LogP contribution in [0.2, 0.25) is 0 Å². The summed E-state index contributed by atoms with van der Waals surface area (Å²) < 4.78 is 4.65. The molecule has 0 atom stereocenters. The maximum atomic E-state index is 11.3. The maximum absolute atomic E-state index is 11.3. The lowest BCUT2D eigenvalue weighted by Crippen LogP contribution is -2.08. The third-order valence-corrected chi connectivity index (χ3v) is 2.30. The standard InChI is InChI=1S/C13H16N2O2/c1-4-5-6-9-14-12-8-7-11(10(2)15-12)13(16)17-3/h1,7-8H,5-6,9H2,2-3H3,(H,14,15). The molecule has 0 radical (unpaired) electrons. The number of pyridine rings is 1. The zero-order valence-corrected chi connectivity index (χ0v) is 10.1. The molecule has 1 aromatic rings. The number of ether oxygens (including phenoxy) is 1. The van der Waals surface area contributed by atoms with Crippen molar-refractivity contribution in [2.24, 2.45) is 0 Å². The second-order valence-electron chi connectivity index (χ2n) is 3.56. The minimum absolute atomic E-state index is 0.367. The first kappa shape index (κ1) is 13.0. The highest BCUT2D eigenvalue weighted by Crippen LogP contribution is 2.11. The quantitative estimate of drug-likeness (QED) is 0.479. The summed E-state index contributed by atoms with van der Waals surface area (Å²) >= 11 is 0. The zero-order valence-electron chi connectivity index (χ0n) is 10.1. The molecular weight excluding hydrogens is 216 g/mol. The topological polar surface area (TPSA) is 51.2 Å². The number of nitrogens with one attached hydrogen (secondary N) is 1. The van der Waals surface area contributed by atoms with Crippen molar-refractivity contribution in [1.29, 1.82) is 0 Å². The van der Waals surface area contributed by atoms with Gasteiger partial charge in [0.1, 0.15) is 5.82 Å². The predicted octanol–water partition coefficient (Wildman–Crippen LogP) is 2.00. The molecule has 0 unspecified atom stereocenters. The smallest absolute Gasteiger partial charge is 0.339 e. The van der Waals surface area contributed by atoms with Crippen LogP contribution in [0.15, 0.2) is 12.1 Å². The lowest BCUT2D eigenvalue weighted by Gasteiger charge is -2.07.